The molecule has 0 unspecified atom stereocenters. The van der Waals surface area contributed by atoms with Crippen LogP contribution in [0.4, 0.5) is 5.00 Å². The van der Waals surface area contributed by atoms with E-state index in [0.717, 1.165) is 31.2 Å². The lowest BCUT2D eigenvalue weighted by atomic mass is 10.1. The summed E-state index contributed by atoms with van der Waals surface area (Å²) in [7, 11) is 0. The average Bonchev–Trinajstić information content (AvgIpc) is 3.25. The van der Waals surface area contributed by atoms with E-state index in [1.54, 1.807) is 11.3 Å². The topological polar surface area (TPSA) is 56.8 Å². The van der Waals surface area contributed by atoms with Gasteiger partial charge in [-0.3, -0.25) is 4.79 Å². The van der Waals surface area contributed by atoms with E-state index >= 15 is 0 Å². The quantitative estimate of drug-likeness (QED) is 0.694. The van der Waals surface area contributed by atoms with Gasteiger partial charge in [0, 0.05) is 17.0 Å². The second-order valence-corrected chi connectivity index (χ2v) is 7.87. The first-order valence-electron chi connectivity index (χ1n) is 9.09. The van der Waals surface area contributed by atoms with Gasteiger partial charge in [0.15, 0.2) is 12.4 Å². The maximum Gasteiger partial charge on any atom is 0.290 e. The number of benzene rings is 1. The van der Waals surface area contributed by atoms with E-state index in [1.807, 2.05) is 47.3 Å². The monoisotopic (exact) mass is 374 g/mol. The Morgan fingerprint density at radius 2 is 1.85 bits per heavy atom. The van der Waals surface area contributed by atoms with Crippen molar-refractivity contribution in [3.63, 3.8) is 0 Å². The van der Waals surface area contributed by atoms with Crippen molar-refractivity contribution in [1.82, 2.24) is 0 Å². The van der Waals surface area contributed by atoms with E-state index in [1.165, 1.54) is 16.0 Å². The maximum atomic E-state index is 12.4. The van der Waals surface area contributed by atoms with Crippen molar-refractivity contribution < 1.29 is 9.36 Å². The summed E-state index contributed by atoms with van der Waals surface area (Å²) in [5, 5.41) is 13.1. The molecule has 27 heavy (non-hydrogen) atoms. The van der Waals surface area contributed by atoms with Crippen LogP contribution in [0.1, 0.15) is 33.6 Å². The van der Waals surface area contributed by atoms with Crippen LogP contribution in [0.2, 0.25) is 0 Å². The predicted octanol–water partition coefficient (Wildman–Crippen LogP) is 3.63. The maximum absolute atomic E-state index is 12.4. The Morgan fingerprint density at radius 3 is 2.59 bits per heavy atom. The van der Waals surface area contributed by atoms with Crippen molar-refractivity contribution in [3.8, 4) is 6.07 Å². The number of aryl methyl sites for hydroxylation is 1. The molecule has 1 aliphatic carbocycles. The lowest BCUT2D eigenvalue weighted by Gasteiger charge is -2.03. The van der Waals surface area contributed by atoms with E-state index < -0.39 is 0 Å². The summed E-state index contributed by atoms with van der Waals surface area (Å²) in [5.74, 6) is -0.104. The summed E-state index contributed by atoms with van der Waals surface area (Å²) in [6, 6.07) is 16.7. The van der Waals surface area contributed by atoms with Crippen molar-refractivity contribution in [3.05, 3.63) is 82.0 Å². The summed E-state index contributed by atoms with van der Waals surface area (Å²) in [6.45, 7) is 0.235. The lowest BCUT2D eigenvalue weighted by molar-refractivity contribution is -0.684. The smallest absolute Gasteiger partial charge is 0.290 e. The van der Waals surface area contributed by atoms with Gasteiger partial charge in [-0.25, -0.2) is 0 Å². The van der Waals surface area contributed by atoms with Crippen LogP contribution in [0.15, 0.2) is 54.9 Å². The molecule has 1 amide bonds. The molecular formula is C22H20N3OS+. The molecule has 2 heterocycles. The molecule has 1 aromatic carbocycles. The van der Waals surface area contributed by atoms with Gasteiger partial charge in [0.25, 0.3) is 5.91 Å². The van der Waals surface area contributed by atoms with Gasteiger partial charge in [0.2, 0.25) is 6.54 Å². The minimum Gasteiger partial charge on any atom is -0.311 e. The molecule has 1 aliphatic rings. The van der Waals surface area contributed by atoms with Crippen molar-refractivity contribution in [1.29, 1.82) is 5.26 Å². The summed E-state index contributed by atoms with van der Waals surface area (Å²) in [5.41, 5.74) is 4.27. The number of amides is 1. The van der Waals surface area contributed by atoms with Crippen molar-refractivity contribution >= 4 is 22.2 Å². The van der Waals surface area contributed by atoms with Crippen molar-refractivity contribution in [2.75, 3.05) is 5.32 Å². The molecule has 4 nitrogen and oxygen atoms in total. The molecule has 4 rings (SSSR count). The highest BCUT2D eigenvalue weighted by Crippen LogP contribution is 2.38. The number of nitrogens with zero attached hydrogens (tertiary/aromatic N) is 2. The van der Waals surface area contributed by atoms with Gasteiger partial charge in [-0.15, -0.1) is 11.3 Å². The number of carbonyl (C=O) groups excluding carboxylic acids is 1. The fourth-order valence-corrected chi connectivity index (χ4v) is 4.74. The molecule has 0 aliphatic heterocycles. The van der Waals surface area contributed by atoms with E-state index in [2.05, 4.69) is 23.5 Å². The molecule has 0 radical (unpaired) electrons. The van der Waals surface area contributed by atoms with Crippen LogP contribution < -0.4 is 9.88 Å². The summed E-state index contributed by atoms with van der Waals surface area (Å²) >= 11 is 1.55. The molecule has 1 N–H and O–H groups in total. The van der Waals surface area contributed by atoms with Gasteiger partial charge in [0.1, 0.15) is 11.1 Å². The molecule has 5 heteroatoms. The molecule has 0 bridgehead atoms. The van der Waals surface area contributed by atoms with Gasteiger partial charge in [0.05, 0.1) is 5.56 Å². The first-order valence-corrected chi connectivity index (χ1v) is 9.91. The number of rotatable bonds is 5. The molecule has 0 atom stereocenters. The van der Waals surface area contributed by atoms with Crippen LogP contribution in [0.3, 0.4) is 0 Å². The second-order valence-electron chi connectivity index (χ2n) is 6.76. The summed E-state index contributed by atoms with van der Waals surface area (Å²) in [6.07, 6.45) is 7.80. The van der Waals surface area contributed by atoms with Gasteiger partial charge in [-0.2, -0.15) is 9.83 Å². The Morgan fingerprint density at radius 1 is 1.11 bits per heavy atom. The number of fused-ring (bicyclic) bond motifs is 1. The molecule has 3 aromatic rings. The van der Waals surface area contributed by atoms with Gasteiger partial charge >= 0.3 is 0 Å². The number of hydrogen-bond donors (Lipinski definition) is 1. The number of pyridine rings is 1. The Bertz CT molecular complexity index is 1000. The van der Waals surface area contributed by atoms with Crippen molar-refractivity contribution in [2.45, 2.75) is 32.2 Å². The zero-order valence-electron chi connectivity index (χ0n) is 14.9. The molecule has 0 fully saturated rings. The minimum absolute atomic E-state index is 0.104. The van der Waals surface area contributed by atoms with E-state index in [4.69, 9.17) is 0 Å². The molecule has 0 saturated carbocycles. The molecular weight excluding hydrogens is 354 g/mol. The Kier molecular flexibility index (Phi) is 4.99. The van der Waals surface area contributed by atoms with Crippen LogP contribution in [0.25, 0.3) is 0 Å². The third-order valence-electron chi connectivity index (χ3n) is 4.82. The molecule has 0 saturated heterocycles. The van der Waals surface area contributed by atoms with Crippen LogP contribution in [0.5, 0.6) is 0 Å². The minimum atomic E-state index is -0.104. The summed E-state index contributed by atoms with van der Waals surface area (Å²) < 4.78 is 1.86. The number of nitrogens with one attached hydrogen (secondary N) is 1. The standard InChI is InChI=1S/C22H19N3OS/c23-14-19-18-7-4-8-20(18)27-22(19)24-21(26)15-25-11-9-17(10-12-25)13-16-5-2-1-3-6-16/h1-3,5-6,9-12H,4,7-8,13,15H2/p+1. The van der Waals surface area contributed by atoms with E-state index in [9.17, 15) is 10.1 Å². The fraction of sp³-hybridized carbons (Fsp3) is 0.227. The number of carbonyl (C=O) groups is 1. The van der Waals surface area contributed by atoms with Gasteiger partial charge in [-0.1, -0.05) is 30.3 Å². The number of anilines is 1. The Hall–Kier alpha value is -2.97. The number of thiophene rings is 1. The Balaban J connectivity index is 1.39. The molecule has 0 spiro atoms. The third kappa shape index (κ3) is 3.91. The highest BCUT2D eigenvalue weighted by Gasteiger charge is 2.23. The largest absolute Gasteiger partial charge is 0.311 e. The van der Waals surface area contributed by atoms with Crippen LogP contribution in [0, 0.1) is 11.3 Å². The third-order valence-corrected chi connectivity index (χ3v) is 6.03. The van der Waals surface area contributed by atoms with E-state index in [0.29, 0.717) is 10.6 Å². The van der Waals surface area contributed by atoms with Crippen LogP contribution in [-0.2, 0) is 30.6 Å². The second kappa shape index (κ2) is 7.73. The highest BCUT2D eigenvalue weighted by atomic mass is 32.1. The lowest BCUT2D eigenvalue weighted by Crippen LogP contribution is -2.39. The number of aromatic nitrogens is 1. The zero-order valence-corrected chi connectivity index (χ0v) is 15.8. The van der Waals surface area contributed by atoms with Crippen LogP contribution in [-0.4, -0.2) is 5.91 Å². The molecule has 134 valence electrons. The Labute approximate surface area is 162 Å². The van der Waals surface area contributed by atoms with Crippen LogP contribution >= 0.6 is 11.3 Å². The first-order chi connectivity index (χ1) is 13.2. The van der Waals surface area contributed by atoms with Gasteiger partial charge in [-0.05, 0) is 42.4 Å². The zero-order chi connectivity index (χ0) is 18.6. The van der Waals surface area contributed by atoms with Crippen molar-refractivity contribution in [2.24, 2.45) is 0 Å². The number of nitriles is 1. The van der Waals surface area contributed by atoms with Gasteiger partial charge < -0.3 is 5.32 Å². The predicted molar refractivity (Wildman–Crippen MR) is 106 cm³/mol. The average molecular weight is 374 g/mol. The molecule has 2 aromatic heterocycles. The summed E-state index contributed by atoms with van der Waals surface area (Å²) in [4.78, 5) is 13.7. The normalized spacial score (nSPS) is 12.4. The number of hydrogen-bond acceptors (Lipinski definition) is 3. The van der Waals surface area contributed by atoms with E-state index in [-0.39, 0.29) is 12.5 Å². The highest BCUT2D eigenvalue weighted by molar-refractivity contribution is 7.16. The first kappa shape index (κ1) is 17.4. The SMILES string of the molecule is N#Cc1c(NC(=O)C[n+]2ccc(Cc3ccccc3)cc2)sc2c1CCC2. The fourth-order valence-electron chi connectivity index (χ4n) is 3.49.